The van der Waals surface area contributed by atoms with Crippen molar-refractivity contribution >= 4 is 11.8 Å². The molecule has 3 saturated carbocycles. The molecular formula is C29H43NO5. The number of carbonyl (C=O) groups is 2. The largest absolute Gasteiger partial charge is 0.479 e. The third kappa shape index (κ3) is 3.05. The van der Waals surface area contributed by atoms with Gasteiger partial charge >= 0.3 is 5.97 Å². The molecule has 0 bridgehead atoms. The highest BCUT2D eigenvalue weighted by atomic mass is 16.7. The van der Waals surface area contributed by atoms with Crippen molar-refractivity contribution in [2.75, 3.05) is 13.1 Å². The van der Waals surface area contributed by atoms with Crippen LogP contribution in [0.2, 0.25) is 0 Å². The maximum Gasteiger partial charge on any atom is 0.339 e. The molecule has 6 nitrogen and oxygen atoms in total. The molecule has 5 rings (SSSR count). The number of allylic oxidation sites excluding steroid dienone is 4. The highest BCUT2D eigenvalue weighted by Crippen LogP contribution is 2.76. The second-order valence-corrected chi connectivity index (χ2v) is 13.0. The topological polar surface area (TPSA) is 87.1 Å². The molecule has 0 amide bonds. The smallest absolute Gasteiger partial charge is 0.339 e. The number of carboxylic acid groups (broad SMARTS) is 1. The quantitative estimate of drug-likeness (QED) is 0.590. The molecule has 5 aliphatic rings. The third-order valence-electron chi connectivity index (χ3n) is 11.6. The minimum Gasteiger partial charge on any atom is -0.479 e. The molecule has 0 aromatic heterocycles. The van der Waals surface area contributed by atoms with Gasteiger partial charge in [-0.1, -0.05) is 66.0 Å². The average Bonchev–Trinajstić information content (AvgIpc) is 3.24. The number of hydroxylamine groups is 2. The molecule has 2 N–H and O–H groups in total. The van der Waals surface area contributed by atoms with Gasteiger partial charge in [0.05, 0.1) is 6.10 Å². The number of aliphatic hydroxyl groups is 1. The number of ketones is 1. The number of nitrogens with zero attached hydrogens (tertiary/aromatic N) is 1. The molecule has 4 aliphatic carbocycles. The van der Waals surface area contributed by atoms with Crippen LogP contribution in [0.4, 0.5) is 0 Å². The molecular weight excluding hydrogens is 442 g/mol. The number of fused-ring (bicyclic) bond motifs is 7. The van der Waals surface area contributed by atoms with Crippen molar-refractivity contribution in [3.05, 3.63) is 23.8 Å². The van der Waals surface area contributed by atoms with Gasteiger partial charge in [0.1, 0.15) is 0 Å². The van der Waals surface area contributed by atoms with Crippen LogP contribution in [0.25, 0.3) is 0 Å². The van der Waals surface area contributed by atoms with Gasteiger partial charge in [-0.15, -0.1) is 0 Å². The Morgan fingerprint density at radius 2 is 1.91 bits per heavy atom. The van der Waals surface area contributed by atoms with Crippen molar-refractivity contribution in [1.82, 2.24) is 5.06 Å². The molecule has 0 aromatic rings. The number of hydrogen-bond donors (Lipinski definition) is 2. The highest BCUT2D eigenvalue weighted by Gasteiger charge is 2.80. The lowest BCUT2D eigenvalue weighted by molar-refractivity contribution is -0.276. The number of aliphatic hydroxyl groups excluding tert-OH is 1. The first-order chi connectivity index (χ1) is 16.4. The summed E-state index contributed by atoms with van der Waals surface area (Å²) in [6.45, 7) is 14.4. The Kier molecular flexibility index (Phi) is 5.75. The van der Waals surface area contributed by atoms with Gasteiger partial charge in [0.15, 0.2) is 11.4 Å². The van der Waals surface area contributed by atoms with Crippen LogP contribution in [0, 0.1) is 45.8 Å². The zero-order valence-electron chi connectivity index (χ0n) is 22.2. The third-order valence-corrected chi connectivity index (χ3v) is 11.6. The highest BCUT2D eigenvalue weighted by molar-refractivity contribution is 6.01. The van der Waals surface area contributed by atoms with Gasteiger partial charge in [-0.05, 0) is 54.6 Å². The van der Waals surface area contributed by atoms with E-state index in [9.17, 15) is 19.8 Å². The van der Waals surface area contributed by atoms with Crippen LogP contribution in [0.3, 0.4) is 0 Å². The minimum atomic E-state index is -1.32. The molecule has 194 valence electrons. The summed E-state index contributed by atoms with van der Waals surface area (Å²) in [7, 11) is 0. The van der Waals surface area contributed by atoms with E-state index in [0.717, 1.165) is 37.8 Å². The normalized spacial score (nSPS) is 48.9. The SMILES string of the molecule is CCC(CC)CN1C[C@@H]2C[C@@]3(C)[C@@H]4C[C@H](C)C5=CC(=O)C=C[C@]5(C)C4[C@@H](O)C[C@]3(C)[C@]2(C(=O)O)O1. The Morgan fingerprint density at radius 3 is 2.54 bits per heavy atom. The molecule has 1 saturated heterocycles. The maximum atomic E-state index is 13.1. The van der Waals surface area contributed by atoms with Crippen molar-refractivity contribution in [3.63, 3.8) is 0 Å². The fourth-order valence-electron chi connectivity index (χ4n) is 9.58. The molecule has 35 heavy (non-hydrogen) atoms. The second kappa shape index (κ2) is 8.00. The molecule has 0 radical (unpaired) electrons. The standard InChI is InChI=1S/C29H43NO5/c1-7-18(8-2)15-30-16-19-13-27(5)22-11-17(3)21-12-20(31)9-10-26(21,4)24(22)23(32)14-28(27,6)29(19,35-30)25(33)34/h9-10,12,17-19,22-24,32H,7-8,11,13-16H2,1-6H3,(H,33,34)/t17-,19-,22+,23-,24?,26-,27-,28-,29-/m0/s1. The summed E-state index contributed by atoms with van der Waals surface area (Å²) in [6.07, 6.45) is 8.91. The van der Waals surface area contributed by atoms with E-state index < -0.39 is 28.5 Å². The summed E-state index contributed by atoms with van der Waals surface area (Å²) in [5.74, 6) is -0.193. The van der Waals surface area contributed by atoms with E-state index in [4.69, 9.17) is 4.84 Å². The minimum absolute atomic E-state index is 0.0234. The first-order valence-electron chi connectivity index (χ1n) is 13.7. The van der Waals surface area contributed by atoms with E-state index in [0.29, 0.717) is 18.9 Å². The van der Waals surface area contributed by atoms with Crippen molar-refractivity contribution in [2.45, 2.75) is 85.4 Å². The molecule has 1 heterocycles. The van der Waals surface area contributed by atoms with E-state index >= 15 is 0 Å². The second-order valence-electron chi connectivity index (χ2n) is 13.0. The summed E-state index contributed by atoms with van der Waals surface area (Å²) >= 11 is 0. The van der Waals surface area contributed by atoms with E-state index in [2.05, 4.69) is 41.5 Å². The van der Waals surface area contributed by atoms with Gasteiger partial charge in [0.2, 0.25) is 0 Å². The lowest BCUT2D eigenvalue weighted by Crippen LogP contribution is -2.66. The van der Waals surface area contributed by atoms with Gasteiger partial charge in [0.25, 0.3) is 0 Å². The number of carbonyl (C=O) groups excluding carboxylic acids is 1. The fraction of sp³-hybridized carbons (Fsp3) is 0.793. The van der Waals surface area contributed by atoms with Crippen LogP contribution >= 0.6 is 0 Å². The van der Waals surface area contributed by atoms with Crippen LogP contribution in [-0.4, -0.2) is 51.8 Å². The summed E-state index contributed by atoms with van der Waals surface area (Å²) in [5.41, 5.74) is -1.59. The van der Waals surface area contributed by atoms with Gasteiger partial charge in [-0.25, -0.2) is 4.79 Å². The fourth-order valence-corrected chi connectivity index (χ4v) is 9.58. The van der Waals surface area contributed by atoms with Gasteiger partial charge < -0.3 is 10.2 Å². The van der Waals surface area contributed by atoms with Crippen LogP contribution < -0.4 is 0 Å². The Morgan fingerprint density at radius 1 is 1.23 bits per heavy atom. The molecule has 6 heteroatoms. The summed E-state index contributed by atoms with van der Waals surface area (Å²) in [5, 5.41) is 24.5. The average molecular weight is 486 g/mol. The summed E-state index contributed by atoms with van der Waals surface area (Å²) in [6, 6.07) is 0. The molecule has 4 fully saturated rings. The van der Waals surface area contributed by atoms with Gasteiger partial charge in [0, 0.05) is 35.8 Å². The van der Waals surface area contributed by atoms with Crippen molar-refractivity contribution in [2.24, 2.45) is 45.8 Å². The molecule has 0 spiro atoms. The zero-order chi connectivity index (χ0) is 25.6. The van der Waals surface area contributed by atoms with Crippen molar-refractivity contribution < 1.29 is 24.6 Å². The van der Waals surface area contributed by atoms with Crippen LogP contribution in [0.15, 0.2) is 23.8 Å². The summed E-state index contributed by atoms with van der Waals surface area (Å²) in [4.78, 5) is 31.9. The van der Waals surface area contributed by atoms with Crippen LogP contribution in [-0.2, 0) is 14.4 Å². The first kappa shape index (κ1) is 25.2. The first-order valence-corrected chi connectivity index (χ1v) is 13.7. The monoisotopic (exact) mass is 485 g/mol. The molecule has 1 unspecified atom stereocenters. The Bertz CT molecular complexity index is 986. The predicted molar refractivity (Wildman–Crippen MR) is 133 cm³/mol. The van der Waals surface area contributed by atoms with E-state index in [1.807, 2.05) is 11.1 Å². The van der Waals surface area contributed by atoms with Gasteiger partial charge in [-0.3, -0.25) is 9.63 Å². The lowest BCUT2D eigenvalue weighted by Gasteiger charge is -2.65. The van der Waals surface area contributed by atoms with E-state index in [1.165, 1.54) is 0 Å². The van der Waals surface area contributed by atoms with E-state index in [-0.39, 0.29) is 34.9 Å². The van der Waals surface area contributed by atoms with Crippen LogP contribution in [0.5, 0.6) is 0 Å². The number of hydrogen-bond acceptors (Lipinski definition) is 5. The Labute approximate surface area is 209 Å². The predicted octanol–water partition coefficient (Wildman–Crippen LogP) is 4.63. The van der Waals surface area contributed by atoms with E-state index in [1.54, 1.807) is 12.2 Å². The Hall–Kier alpha value is -1.50. The number of aliphatic carboxylic acids is 1. The van der Waals surface area contributed by atoms with Crippen LogP contribution in [0.1, 0.15) is 73.6 Å². The molecule has 9 atom stereocenters. The summed E-state index contributed by atoms with van der Waals surface area (Å²) < 4.78 is 0. The van der Waals surface area contributed by atoms with Gasteiger partial charge in [-0.2, -0.15) is 5.06 Å². The number of rotatable bonds is 5. The molecule has 1 aliphatic heterocycles. The Balaban J connectivity index is 1.56. The molecule has 0 aromatic carbocycles. The zero-order valence-corrected chi connectivity index (χ0v) is 22.2. The van der Waals surface area contributed by atoms with Crippen molar-refractivity contribution in [1.29, 1.82) is 0 Å². The number of carboxylic acids is 1. The lowest BCUT2D eigenvalue weighted by atomic mass is 9.40. The van der Waals surface area contributed by atoms with Crippen molar-refractivity contribution in [3.8, 4) is 0 Å². The maximum absolute atomic E-state index is 13.1.